The van der Waals surface area contributed by atoms with Crippen LogP contribution in [0.3, 0.4) is 0 Å². The molecule has 0 bridgehead atoms. The molecule has 2 aromatic rings. The van der Waals surface area contributed by atoms with E-state index in [1.54, 1.807) is 12.1 Å². The van der Waals surface area contributed by atoms with E-state index in [2.05, 4.69) is 26.1 Å². The summed E-state index contributed by atoms with van der Waals surface area (Å²) in [7, 11) is 0. The highest BCUT2D eigenvalue weighted by molar-refractivity contribution is 6.30. The standard InChI is InChI=1S/C21H25ClN2O2/c1-15(25)24(13-16-9-11-17(22)12-10-16)14-20(26)23-19-8-6-5-7-18(19)21(2,3)4/h5-12H,13-14H2,1-4H3,(H,23,26). The zero-order valence-corrected chi connectivity index (χ0v) is 16.4. The predicted octanol–water partition coefficient (Wildman–Crippen LogP) is 4.62. The quantitative estimate of drug-likeness (QED) is 0.832. The van der Waals surface area contributed by atoms with Gasteiger partial charge < -0.3 is 10.2 Å². The molecule has 0 unspecified atom stereocenters. The summed E-state index contributed by atoms with van der Waals surface area (Å²) in [6.45, 7) is 8.12. The number of para-hydroxylation sites is 1. The summed E-state index contributed by atoms with van der Waals surface area (Å²) in [6.07, 6.45) is 0. The summed E-state index contributed by atoms with van der Waals surface area (Å²) in [4.78, 5) is 26.0. The number of nitrogens with zero attached hydrogens (tertiary/aromatic N) is 1. The highest BCUT2D eigenvalue weighted by Gasteiger charge is 2.20. The van der Waals surface area contributed by atoms with Crippen molar-refractivity contribution in [1.82, 2.24) is 4.90 Å². The minimum Gasteiger partial charge on any atom is -0.329 e. The van der Waals surface area contributed by atoms with Gasteiger partial charge in [0.2, 0.25) is 11.8 Å². The van der Waals surface area contributed by atoms with Crippen molar-refractivity contribution in [3.8, 4) is 0 Å². The number of hydrogen-bond acceptors (Lipinski definition) is 2. The number of anilines is 1. The number of carbonyl (C=O) groups is 2. The van der Waals surface area contributed by atoms with Gasteiger partial charge in [-0.05, 0) is 34.7 Å². The van der Waals surface area contributed by atoms with Crippen LogP contribution in [0.25, 0.3) is 0 Å². The number of benzene rings is 2. The van der Waals surface area contributed by atoms with Crippen LogP contribution in [0.4, 0.5) is 5.69 Å². The van der Waals surface area contributed by atoms with Crippen LogP contribution in [0.15, 0.2) is 48.5 Å². The summed E-state index contributed by atoms with van der Waals surface area (Å²) in [5, 5.41) is 3.58. The third kappa shape index (κ3) is 5.60. The van der Waals surface area contributed by atoms with Crippen molar-refractivity contribution in [2.45, 2.75) is 39.7 Å². The normalized spacial score (nSPS) is 11.1. The van der Waals surface area contributed by atoms with Crippen molar-refractivity contribution in [2.75, 3.05) is 11.9 Å². The molecule has 0 fully saturated rings. The molecule has 4 nitrogen and oxygen atoms in total. The number of nitrogens with one attached hydrogen (secondary N) is 1. The molecule has 0 aromatic heterocycles. The lowest BCUT2D eigenvalue weighted by molar-refractivity contribution is -0.133. The summed E-state index contributed by atoms with van der Waals surface area (Å²) < 4.78 is 0. The molecule has 0 spiro atoms. The van der Waals surface area contributed by atoms with Crippen molar-refractivity contribution in [1.29, 1.82) is 0 Å². The molecule has 2 aromatic carbocycles. The molecule has 0 aliphatic rings. The van der Waals surface area contributed by atoms with Gasteiger partial charge in [0.05, 0.1) is 0 Å². The molecule has 0 atom stereocenters. The van der Waals surface area contributed by atoms with E-state index in [4.69, 9.17) is 11.6 Å². The molecule has 0 saturated heterocycles. The van der Waals surface area contributed by atoms with Crippen LogP contribution in [0, 0.1) is 0 Å². The first kappa shape index (κ1) is 20.0. The molecule has 2 rings (SSSR count). The summed E-state index contributed by atoms with van der Waals surface area (Å²) in [5.41, 5.74) is 2.67. The third-order valence-electron chi connectivity index (χ3n) is 4.08. The predicted molar refractivity (Wildman–Crippen MR) is 106 cm³/mol. The summed E-state index contributed by atoms with van der Waals surface area (Å²) >= 11 is 5.89. The molecule has 138 valence electrons. The maximum Gasteiger partial charge on any atom is 0.244 e. The Kier molecular flexibility index (Phi) is 6.43. The first-order valence-electron chi connectivity index (χ1n) is 8.56. The van der Waals surface area contributed by atoms with E-state index in [0.717, 1.165) is 16.8 Å². The van der Waals surface area contributed by atoms with E-state index in [0.29, 0.717) is 11.6 Å². The smallest absolute Gasteiger partial charge is 0.244 e. The van der Waals surface area contributed by atoms with E-state index in [-0.39, 0.29) is 23.8 Å². The molecular formula is C21H25ClN2O2. The van der Waals surface area contributed by atoms with Gasteiger partial charge in [-0.3, -0.25) is 9.59 Å². The summed E-state index contributed by atoms with van der Waals surface area (Å²) in [5.74, 6) is -0.370. The van der Waals surface area contributed by atoms with E-state index in [1.165, 1.54) is 11.8 Å². The molecule has 26 heavy (non-hydrogen) atoms. The second kappa shape index (κ2) is 8.37. The monoisotopic (exact) mass is 372 g/mol. The van der Waals surface area contributed by atoms with E-state index < -0.39 is 0 Å². The maximum absolute atomic E-state index is 12.5. The van der Waals surface area contributed by atoms with Gasteiger partial charge in [-0.15, -0.1) is 0 Å². The van der Waals surface area contributed by atoms with Crippen LogP contribution < -0.4 is 5.32 Å². The highest BCUT2D eigenvalue weighted by atomic mass is 35.5. The fourth-order valence-corrected chi connectivity index (χ4v) is 2.82. The molecule has 0 heterocycles. The number of hydrogen-bond donors (Lipinski definition) is 1. The molecule has 0 aliphatic heterocycles. The van der Waals surface area contributed by atoms with Gasteiger partial charge >= 0.3 is 0 Å². The lowest BCUT2D eigenvalue weighted by Crippen LogP contribution is -2.36. The number of halogens is 1. The molecule has 5 heteroatoms. The number of carbonyl (C=O) groups excluding carboxylic acids is 2. The van der Waals surface area contributed by atoms with Crippen LogP contribution in [-0.4, -0.2) is 23.3 Å². The molecular weight excluding hydrogens is 348 g/mol. The van der Waals surface area contributed by atoms with Crippen LogP contribution in [-0.2, 0) is 21.5 Å². The van der Waals surface area contributed by atoms with Gasteiger partial charge in [0.1, 0.15) is 6.54 Å². The van der Waals surface area contributed by atoms with Gasteiger partial charge in [-0.1, -0.05) is 62.7 Å². The van der Waals surface area contributed by atoms with Crippen molar-refractivity contribution >= 4 is 29.1 Å². The van der Waals surface area contributed by atoms with Crippen LogP contribution in [0.5, 0.6) is 0 Å². The van der Waals surface area contributed by atoms with E-state index in [9.17, 15) is 9.59 Å². The molecule has 0 aliphatic carbocycles. The van der Waals surface area contributed by atoms with Crippen molar-refractivity contribution in [2.24, 2.45) is 0 Å². The van der Waals surface area contributed by atoms with Crippen molar-refractivity contribution in [3.63, 3.8) is 0 Å². The minimum absolute atomic E-state index is 0.00353. The Hall–Kier alpha value is -2.33. The number of rotatable bonds is 5. The SMILES string of the molecule is CC(=O)N(CC(=O)Nc1ccccc1C(C)(C)C)Cc1ccc(Cl)cc1. The van der Waals surface area contributed by atoms with Gasteiger partial charge in [-0.25, -0.2) is 0 Å². The Bertz CT molecular complexity index is 779. The average Bonchev–Trinajstić information content (AvgIpc) is 2.55. The zero-order valence-electron chi connectivity index (χ0n) is 15.7. The van der Waals surface area contributed by atoms with Crippen molar-refractivity contribution < 1.29 is 9.59 Å². The van der Waals surface area contributed by atoms with E-state index >= 15 is 0 Å². The van der Waals surface area contributed by atoms with Crippen LogP contribution >= 0.6 is 11.6 Å². The van der Waals surface area contributed by atoms with Gasteiger partial charge in [0.15, 0.2) is 0 Å². The first-order chi connectivity index (χ1) is 12.2. The van der Waals surface area contributed by atoms with Crippen LogP contribution in [0.2, 0.25) is 5.02 Å². The largest absolute Gasteiger partial charge is 0.329 e. The van der Waals surface area contributed by atoms with Gasteiger partial charge in [0.25, 0.3) is 0 Å². The van der Waals surface area contributed by atoms with Crippen LogP contribution in [0.1, 0.15) is 38.8 Å². The Morgan fingerprint density at radius 1 is 1.04 bits per heavy atom. The van der Waals surface area contributed by atoms with Gasteiger partial charge in [-0.2, -0.15) is 0 Å². The molecule has 1 N–H and O–H groups in total. The minimum atomic E-state index is -0.217. The number of amides is 2. The van der Waals surface area contributed by atoms with Crippen molar-refractivity contribution in [3.05, 3.63) is 64.7 Å². The fraction of sp³-hybridized carbons (Fsp3) is 0.333. The Morgan fingerprint density at radius 3 is 2.23 bits per heavy atom. The fourth-order valence-electron chi connectivity index (χ4n) is 2.70. The van der Waals surface area contributed by atoms with Gasteiger partial charge in [0, 0.05) is 24.2 Å². The first-order valence-corrected chi connectivity index (χ1v) is 8.94. The lowest BCUT2D eigenvalue weighted by atomic mass is 9.86. The Balaban J connectivity index is 2.09. The third-order valence-corrected chi connectivity index (χ3v) is 4.33. The zero-order chi connectivity index (χ0) is 19.3. The molecule has 2 amide bonds. The molecule has 0 saturated carbocycles. The second-order valence-corrected chi connectivity index (χ2v) is 7.78. The van der Waals surface area contributed by atoms with E-state index in [1.807, 2.05) is 36.4 Å². The lowest BCUT2D eigenvalue weighted by Gasteiger charge is -2.24. The molecule has 0 radical (unpaired) electrons. The summed E-state index contributed by atoms with van der Waals surface area (Å²) in [6, 6.07) is 15.0. The second-order valence-electron chi connectivity index (χ2n) is 7.35. The Labute approximate surface area is 160 Å². The topological polar surface area (TPSA) is 49.4 Å². The Morgan fingerprint density at radius 2 is 1.65 bits per heavy atom. The maximum atomic E-state index is 12.5. The highest BCUT2D eigenvalue weighted by Crippen LogP contribution is 2.29. The average molecular weight is 373 g/mol.